The van der Waals surface area contributed by atoms with Gasteiger partial charge in [0.25, 0.3) is 10.0 Å². The third kappa shape index (κ3) is 6.51. The predicted octanol–water partition coefficient (Wildman–Crippen LogP) is 6.18. The molecule has 0 saturated heterocycles. The van der Waals surface area contributed by atoms with Gasteiger partial charge < -0.3 is 5.32 Å². The molecule has 0 aliphatic carbocycles. The maximum atomic E-state index is 13.5. The van der Waals surface area contributed by atoms with Crippen molar-refractivity contribution in [1.29, 1.82) is 0 Å². The molecule has 1 heterocycles. The number of nitrogens with zero attached hydrogens (tertiary/aromatic N) is 2. The fourth-order valence-corrected chi connectivity index (χ4v) is 5.40. The van der Waals surface area contributed by atoms with Gasteiger partial charge in [-0.2, -0.15) is 13.2 Å². The fourth-order valence-electron chi connectivity index (χ4n) is 3.67. The number of alkyl halides is 3. The van der Waals surface area contributed by atoms with E-state index < -0.39 is 39.9 Å². The second-order valence-electron chi connectivity index (χ2n) is 8.27. The van der Waals surface area contributed by atoms with Gasteiger partial charge in [0.05, 0.1) is 21.2 Å². The summed E-state index contributed by atoms with van der Waals surface area (Å²) < 4.78 is 67.7. The number of carbonyl (C=O) groups is 1. The van der Waals surface area contributed by atoms with Gasteiger partial charge in [0.2, 0.25) is 5.91 Å². The van der Waals surface area contributed by atoms with Crippen molar-refractivity contribution >= 4 is 38.9 Å². The average molecular weight is 560 g/mol. The SMILES string of the molecule is O=C(CN(c1cc(C(F)(F)F)ccc1Cl)S(=O)(=O)c1ccccc1)Nc1ccc(Cc2ccncc2)cc1. The molecule has 11 heteroatoms. The number of nitrogens with one attached hydrogen (secondary N) is 1. The minimum atomic E-state index is -4.75. The van der Waals surface area contributed by atoms with Gasteiger partial charge in [0, 0.05) is 18.1 Å². The molecule has 0 fully saturated rings. The maximum absolute atomic E-state index is 13.5. The van der Waals surface area contributed by atoms with Crippen LogP contribution in [0.2, 0.25) is 5.02 Å². The number of aromatic nitrogens is 1. The number of sulfonamides is 1. The molecule has 1 amide bonds. The third-order valence-corrected chi connectivity index (χ3v) is 7.65. The Hall–Kier alpha value is -3.89. The molecular formula is C27H21ClF3N3O3S. The summed E-state index contributed by atoms with van der Waals surface area (Å²) in [5.74, 6) is -0.764. The molecule has 4 aromatic rings. The smallest absolute Gasteiger partial charge is 0.325 e. The number of anilines is 2. The lowest BCUT2D eigenvalue weighted by atomic mass is 10.1. The van der Waals surface area contributed by atoms with Gasteiger partial charge in [0.15, 0.2) is 0 Å². The zero-order chi connectivity index (χ0) is 27.3. The van der Waals surface area contributed by atoms with Crippen molar-refractivity contribution in [3.63, 3.8) is 0 Å². The molecule has 0 saturated carbocycles. The van der Waals surface area contributed by atoms with Crippen LogP contribution in [-0.2, 0) is 27.4 Å². The van der Waals surface area contributed by atoms with E-state index in [1.807, 2.05) is 12.1 Å². The van der Waals surface area contributed by atoms with E-state index in [4.69, 9.17) is 11.6 Å². The van der Waals surface area contributed by atoms with E-state index >= 15 is 0 Å². The van der Waals surface area contributed by atoms with Gasteiger partial charge in [-0.3, -0.25) is 14.1 Å². The lowest BCUT2D eigenvalue weighted by molar-refractivity contribution is -0.137. The fraction of sp³-hybridized carbons (Fsp3) is 0.111. The monoisotopic (exact) mass is 559 g/mol. The first kappa shape index (κ1) is 27.2. The Morgan fingerprint density at radius 3 is 2.16 bits per heavy atom. The number of hydrogen-bond donors (Lipinski definition) is 1. The van der Waals surface area contributed by atoms with E-state index in [1.165, 1.54) is 24.3 Å². The molecular weight excluding hydrogens is 539 g/mol. The molecule has 0 bridgehead atoms. The van der Waals surface area contributed by atoms with Crippen LogP contribution < -0.4 is 9.62 Å². The van der Waals surface area contributed by atoms with Gasteiger partial charge in [-0.15, -0.1) is 0 Å². The molecule has 1 aromatic heterocycles. The minimum absolute atomic E-state index is 0.207. The summed E-state index contributed by atoms with van der Waals surface area (Å²) in [7, 11) is -4.45. The molecule has 6 nitrogen and oxygen atoms in total. The lowest BCUT2D eigenvalue weighted by Crippen LogP contribution is -2.38. The Kier molecular flexibility index (Phi) is 8.03. The van der Waals surface area contributed by atoms with Crippen LogP contribution >= 0.6 is 11.6 Å². The number of amides is 1. The van der Waals surface area contributed by atoms with E-state index in [-0.39, 0.29) is 9.92 Å². The van der Waals surface area contributed by atoms with Gasteiger partial charge in [-0.05, 0) is 72.1 Å². The van der Waals surface area contributed by atoms with Crippen molar-refractivity contribution in [3.8, 4) is 0 Å². The summed E-state index contributed by atoms with van der Waals surface area (Å²) in [6.07, 6.45) is -0.721. The molecule has 0 unspecified atom stereocenters. The Balaban J connectivity index is 1.60. The Bertz CT molecular complexity index is 1520. The summed E-state index contributed by atoms with van der Waals surface area (Å²) in [5, 5.41) is 2.34. The van der Waals surface area contributed by atoms with Crippen molar-refractivity contribution in [1.82, 2.24) is 4.98 Å². The molecule has 0 radical (unpaired) electrons. The molecule has 4 rings (SSSR count). The second kappa shape index (κ2) is 11.2. The van der Waals surface area contributed by atoms with Crippen molar-refractivity contribution < 1.29 is 26.4 Å². The van der Waals surface area contributed by atoms with Crippen LogP contribution in [0.15, 0.2) is 102 Å². The number of halogens is 4. The van der Waals surface area contributed by atoms with Crippen LogP contribution in [0.25, 0.3) is 0 Å². The van der Waals surface area contributed by atoms with E-state index in [0.29, 0.717) is 22.5 Å². The van der Waals surface area contributed by atoms with E-state index in [0.717, 1.165) is 23.3 Å². The van der Waals surface area contributed by atoms with Gasteiger partial charge in [0.1, 0.15) is 6.54 Å². The lowest BCUT2D eigenvalue weighted by Gasteiger charge is -2.26. The Labute approximate surface area is 222 Å². The number of carbonyl (C=O) groups excluding carboxylic acids is 1. The molecule has 0 aliphatic rings. The molecule has 0 aliphatic heterocycles. The van der Waals surface area contributed by atoms with Crippen LogP contribution in [0.4, 0.5) is 24.5 Å². The highest BCUT2D eigenvalue weighted by Gasteiger charge is 2.34. The van der Waals surface area contributed by atoms with Crippen molar-refractivity contribution in [2.24, 2.45) is 0 Å². The van der Waals surface area contributed by atoms with Crippen LogP contribution in [0.1, 0.15) is 16.7 Å². The van der Waals surface area contributed by atoms with Crippen molar-refractivity contribution in [2.75, 3.05) is 16.2 Å². The van der Waals surface area contributed by atoms with Gasteiger partial charge in [-0.25, -0.2) is 8.42 Å². The van der Waals surface area contributed by atoms with Crippen LogP contribution in [0.3, 0.4) is 0 Å². The number of hydrogen-bond acceptors (Lipinski definition) is 4. The average Bonchev–Trinajstić information content (AvgIpc) is 2.89. The highest BCUT2D eigenvalue weighted by atomic mass is 35.5. The first-order valence-corrected chi connectivity index (χ1v) is 13.1. The molecule has 0 spiro atoms. The quantitative estimate of drug-likeness (QED) is 0.280. The largest absolute Gasteiger partial charge is 0.416 e. The summed E-state index contributed by atoms with van der Waals surface area (Å²) in [4.78, 5) is 16.7. The highest BCUT2D eigenvalue weighted by molar-refractivity contribution is 7.92. The number of rotatable bonds is 8. The minimum Gasteiger partial charge on any atom is -0.325 e. The predicted molar refractivity (Wildman–Crippen MR) is 140 cm³/mol. The number of pyridine rings is 1. The van der Waals surface area contributed by atoms with E-state index in [9.17, 15) is 26.4 Å². The van der Waals surface area contributed by atoms with Crippen LogP contribution in [0, 0.1) is 0 Å². The summed E-state index contributed by atoms with van der Waals surface area (Å²) in [6.45, 7) is -0.809. The van der Waals surface area contributed by atoms with Crippen LogP contribution in [-0.4, -0.2) is 25.9 Å². The van der Waals surface area contributed by atoms with Gasteiger partial charge in [-0.1, -0.05) is 41.9 Å². The van der Waals surface area contributed by atoms with Crippen molar-refractivity contribution in [3.05, 3.63) is 119 Å². The Morgan fingerprint density at radius 2 is 1.53 bits per heavy atom. The molecule has 196 valence electrons. The molecule has 38 heavy (non-hydrogen) atoms. The topological polar surface area (TPSA) is 79.4 Å². The second-order valence-corrected chi connectivity index (χ2v) is 10.5. The summed E-state index contributed by atoms with van der Waals surface area (Å²) in [6, 6.07) is 20.1. The Morgan fingerprint density at radius 1 is 0.895 bits per heavy atom. The van der Waals surface area contributed by atoms with E-state index in [2.05, 4.69) is 10.3 Å². The highest BCUT2D eigenvalue weighted by Crippen LogP contribution is 2.37. The first-order valence-electron chi connectivity index (χ1n) is 11.3. The summed E-state index contributed by atoms with van der Waals surface area (Å²) >= 11 is 6.15. The van der Waals surface area contributed by atoms with E-state index in [1.54, 1.807) is 42.7 Å². The molecule has 0 atom stereocenters. The zero-order valence-electron chi connectivity index (χ0n) is 19.7. The van der Waals surface area contributed by atoms with Crippen molar-refractivity contribution in [2.45, 2.75) is 17.5 Å². The molecule has 3 aromatic carbocycles. The molecule has 1 N–H and O–H groups in total. The van der Waals surface area contributed by atoms with Gasteiger partial charge >= 0.3 is 6.18 Å². The third-order valence-electron chi connectivity index (χ3n) is 5.56. The maximum Gasteiger partial charge on any atom is 0.416 e. The standard InChI is InChI=1S/C27H21ClF3N3O3S/c28-24-11-8-21(27(29,30)31)17-25(24)34(38(36,37)23-4-2-1-3-5-23)18-26(35)33-22-9-6-19(7-10-22)16-20-12-14-32-15-13-20/h1-15,17H,16,18H2,(H,33,35). The van der Waals surface area contributed by atoms with Crippen LogP contribution in [0.5, 0.6) is 0 Å². The normalized spacial score (nSPS) is 11.7. The number of benzene rings is 3. The summed E-state index contributed by atoms with van der Waals surface area (Å²) in [5.41, 5.74) is 0.846. The zero-order valence-corrected chi connectivity index (χ0v) is 21.3. The first-order chi connectivity index (χ1) is 18.0.